The first kappa shape index (κ1) is 17.8. The van der Waals surface area contributed by atoms with E-state index in [2.05, 4.69) is 46.2 Å². The Morgan fingerprint density at radius 2 is 1.92 bits per heavy atom. The van der Waals surface area contributed by atoms with Gasteiger partial charge in [-0.25, -0.2) is 0 Å². The summed E-state index contributed by atoms with van der Waals surface area (Å²) in [4.78, 5) is 17.9. The van der Waals surface area contributed by atoms with Crippen LogP contribution in [0.5, 0.6) is 0 Å². The Morgan fingerprint density at radius 3 is 2.73 bits per heavy atom. The highest BCUT2D eigenvalue weighted by Crippen LogP contribution is 2.32. The van der Waals surface area contributed by atoms with Gasteiger partial charge in [-0.2, -0.15) is 0 Å². The van der Waals surface area contributed by atoms with Crippen molar-refractivity contribution in [1.82, 2.24) is 9.80 Å². The minimum absolute atomic E-state index is 0.358. The van der Waals surface area contributed by atoms with Crippen molar-refractivity contribution in [3.8, 4) is 0 Å². The third-order valence-electron chi connectivity index (χ3n) is 6.54. The van der Waals surface area contributed by atoms with Crippen molar-refractivity contribution in [3.63, 3.8) is 0 Å². The highest BCUT2D eigenvalue weighted by molar-refractivity contribution is 5.93. The van der Waals surface area contributed by atoms with Gasteiger partial charge in [-0.1, -0.05) is 36.4 Å². The number of piperidine rings is 2. The van der Waals surface area contributed by atoms with Gasteiger partial charge in [0.15, 0.2) is 0 Å². The molecular formula is C23H32N2O. The number of hydrogen-bond acceptors (Lipinski definition) is 2. The molecule has 2 saturated heterocycles. The van der Waals surface area contributed by atoms with Crippen LogP contribution in [0, 0.1) is 5.92 Å². The van der Waals surface area contributed by atoms with Crippen LogP contribution in [0.1, 0.15) is 50.5 Å². The van der Waals surface area contributed by atoms with E-state index in [1.165, 1.54) is 37.8 Å². The molecule has 2 aliphatic heterocycles. The first-order valence-corrected chi connectivity index (χ1v) is 10.6. The number of likely N-dealkylation sites (tertiary alicyclic amines) is 2. The third-order valence-corrected chi connectivity index (χ3v) is 6.54. The Bertz CT molecular complexity index is 639. The number of carbonyl (C=O) groups excluding carboxylic acids is 1. The van der Waals surface area contributed by atoms with E-state index in [9.17, 15) is 4.79 Å². The zero-order valence-electron chi connectivity index (χ0n) is 15.9. The Hall–Kier alpha value is -1.61. The number of amides is 1. The largest absolute Gasteiger partial charge is 0.336 e. The third kappa shape index (κ3) is 4.03. The first-order valence-electron chi connectivity index (χ1n) is 10.6. The molecule has 3 aliphatic rings. The fourth-order valence-electron chi connectivity index (χ4n) is 5.08. The molecule has 0 bridgehead atoms. The van der Waals surface area contributed by atoms with E-state index in [1.54, 1.807) is 0 Å². The molecule has 2 atom stereocenters. The van der Waals surface area contributed by atoms with E-state index in [1.807, 2.05) is 0 Å². The molecule has 1 aliphatic carbocycles. The monoisotopic (exact) mass is 352 g/mol. The molecule has 4 rings (SSSR count). The number of hydrogen-bond donors (Lipinski definition) is 0. The van der Waals surface area contributed by atoms with E-state index < -0.39 is 0 Å². The van der Waals surface area contributed by atoms with Crippen molar-refractivity contribution < 1.29 is 4.79 Å². The molecule has 0 aromatic heterocycles. The van der Waals surface area contributed by atoms with Crippen molar-refractivity contribution in [1.29, 1.82) is 0 Å². The van der Waals surface area contributed by atoms with Crippen LogP contribution in [0.15, 0.2) is 42.0 Å². The Morgan fingerprint density at radius 1 is 1.04 bits per heavy atom. The van der Waals surface area contributed by atoms with Gasteiger partial charge < -0.3 is 9.80 Å². The number of fused-ring (bicyclic) bond motifs is 1. The molecule has 140 valence electrons. The van der Waals surface area contributed by atoms with Crippen LogP contribution in [-0.4, -0.2) is 47.9 Å². The smallest absolute Gasteiger partial charge is 0.249 e. The van der Waals surface area contributed by atoms with Gasteiger partial charge in [0.2, 0.25) is 5.91 Å². The average molecular weight is 353 g/mol. The van der Waals surface area contributed by atoms with Crippen molar-refractivity contribution in [2.75, 3.05) is 26.2 Å². The molecule has 1 aromatic rings. The Balaban J connectivity index is 1.34. The summed E-state index contributed by atoms with van der Waals surface area (Å²) < 4.78 is 0. The molecular weight excluding hydrogens is 320 g/mol. The summed E-state index contributed by atoms with van der Waals surface area (Å²) in [5.74, 6) is 1.03. The molecule has 1 aromatic carbocycles. The van der Waals surface area contributed by atoms with Gasteiger partial charge >= 0.3 is 0 Å². The van der Waals surface area contributed by atoms with Crippen LogP contribution < -0.4 is 0 Å². The number of benzene rings is 1. The molecule has 0 radical (unpaired) electrons. The normalized spacial score (nSPS) is 26.9. The maximum atomic E-state index is 13.0. The summed E-state index contributed by atoms with van der Waals surface area (Å²) in [6, 6.07) is 11.3. The number of carbonyl (C=O) groups is 1. The lowest BCUT2D eigenvalue weighted by Gasteiger charge is -2.47. The summed E-state index contributed by atoms with van der Waals surface area (Å²) >= 11 is 0. The maximum absolute atomic E-state index is 13.0. The van der Waals surface area contributed by atoms with E-state index in [0.29, 0.717) is 17.9 Å². The van der Waals surface area contributed by atoms with E-state index in [0.717, 1.165) is 50.9 Å². The van der Waals surface area contributed by atoms with Gasteiger partial charge in [0.05, 0.1) is 0 Å². The predicted octanol–water partition coefficient (Wildman–Crippen LogP) is 4.04. The molecule has 0 N–H and O–H groups in total. The van der Waals surface area contributed by atoms with Crippen LogP contribution in [-0.2, 0) is 11.2 Å². The molecule has 2 heterocycles. The summed E-state index contributed by atoms with van der Waals surface area (Å²) in [6.07, 6.45) is 11.5. The minimum Gasteiger partial charge on any atom is -0.336 e. The first-order chi connectivity index (χ1) is 12.8. The van der Waals surface area contributed by atoms with E-state index >= 15 is 0 Å². The molecule has 0 spiro atoms. The fraction of sp³-hybridized carbons (Fsp3) is 0.609. The fourth-order valence-corrected chi connectivity index (χ4v) is 5.08. The van der Waals surface area contributed by atoms with Crippen LogP contribution in [0.4, 0.5) is 0 Å². The lowest BCUT2D eigenvalue weighted by Crippen LogP contribution is -2.56. The van der Waals surface area contributed by atoms with Crippen molar-refractivity contribution in [2.45, 2.75) is 57.4 Å². The quantitative estimate of drug-likeness (QED) is 0.816. The molecule has 2 fully saturated rings. The standard InChI is InChI=1S/C23H32N2O/c26-23(20-10-5-2-6-11-20)25-15-7-12-21-18-24(17-14-22(21)25)16-13-19-8-3-1-4-9-19/h1,3-4,8-10,21-22H,2,5-7,11-18H2/t21-,22+/m1/s1. The summed E-state index contributed by atoms with van der Waals surface area (Å²) in [7, 11) is 0. The lowest BCUT2D eigenvalue weighted by molar-refractivity contribution is -0.134. The lowest BCUT2D eigenvalue weighted by atomic mass is 9.83. The van der Waals surface area contributed by atoms with Gasteiger partial charge in [0.1, 0.15) is 0 Å². The van der Waals surface area contributed by atoms with E-state index in [-0.39, 0.29) is 0 Å². The van der Waals surface area contributed by atoms with Crippen molar-refractivity contribution >= 4 is 5.91 Å². The predicted molar refractivity (Wildman–Crippen MR) is 106 cm³/mol. The van der Waals surface area contributed by atoms with Gasteiger partial charge in [0.25, 0.3) is 0 Å². The zero-order valence-corrected chi connectivity index (χ0v) is 15.9. The number of allylic oxidation sites excluding steroid dienone is 1. The zero-order chi connectivity index (χ0) is 17.8. The topological polar surface area (TPSA) is 23.6 Å². The van der Waals surface area contributed by atoms with Crippen LogP contribution in [0.2, 0.25) is 0 Å². The Labute approximate surface area is 158 Å². The van der Waals surface area contributed by atoms with Gasteiger partial charge in [0, 0.05) is 37.8 Å². The van der Waals surface area contributed by atoms with Crippen molar-refractivity contribution in [3.05, 3.63) is 47.5 Å². The SMILES string of the molecule is O=C(C1=CCCCC1)N1CCC[C@@H]2CN(CCc3ccccc3)CC[C@@H]21. The summed E-state index contributed by atoms with van der Waals surface area (Å²) in [5, 5.41) is 0. The Kier molecular flexibility index (Phi) is 5.74. The average Bonchev–Trinajstić information content (AvgIpc) is 2.72. The molecule has 3 heteroatoms. The maximum Gasteiger partial charge on any atom is 0.249 e. The second-order valence-electron chi connectivity index (χ2n) is 8.27. The van der Waals surface area contributed by atoms with Gasteiger partial charge in [-0.3, -0.25) is 4.79 Å². The highest BCUT2D eigenvalue weighted by atomic mass is 16.2. The molecule has 26 heavy (non-hydrogen) atoms. The summed E-state index contributed by atoms with van der Waals surface area (Å²) in [6.45, 7) is 4.42. The second kappa shape index (κ2) is 8.39. The molecule has 0 unspecified atom stereocenters. The molecule has 0 saturated carbocycles. The second-order valence-corrected chi connectivity index (χ2v) is 8.27. The highest BCUT2D eigenvalue weighted by Gasteiger charge is 2.38. The van der Waals surface area contributed by atoms with Crippen LogP contribution in [0.3, 0.4) is 0 Å². The van der Waals surface area contributed by atoms with Crippen LogP contribution in [0.25, 0.3) is 0 Å². The van der Waals surface area contributed by atoms with E-state index in [4.69, 9.17) is 0 Å². The number of rotatable bonds is 4. The minimum atomic E-state index is 0.358. The summed E-state index contributed by atoms with van der Waals surface area (Å²) in [5.41, 5.74) is 2.53. The number of nitrogens with zero attached hydrogens (tertiary/aromatic N) is 2. The van der Waals surface area contributed by atoms with Gasteiger partial charge in [-0.05, 0) is 62.8 Å². The van der Waals surface area contributed by atoms with Gasteiger partial charge in [-0.15, -0.1) is 0 Å². The molecule has 3 nitrogen and oxygen atoms in total. The molecule has 1 amide bonds. The van der Waals surface area contributed by atoms with Crippen molar-refractivity contribution in [2.24, 2.45) is 5.92 Å². The van der Waals surface area contributed by atoms with Crippen LogP contribution >= 0.6 is 0 Å².